The first-order valence-corrected chi connectivity index (χ1v) is 5.84. The summed E-state index contributed by atoms with van der Waals surface area (Å²) >= 11 is 0. The highest BCUT2D eigenvalue weighted by Crippen LogP contribution is 2.18. The molecule has 0 aliphatic heterocycles. The van der Waals surface area contributed by atoms with Crippen LogP contribution in [0, 0.1) is 0 Å². The quantitative estimate of drug-likeness (QED) is 0.942. The van der Waals surface area contributed by atoms with E-state index in [4.69, 9.17) is 4.74 Å². The second-order valence-corrected chi connectivity index (χ2v) is 3.96. The van der Waals surface area contributed by atoms with Crippen LogP contribution in [0.15, 0.2) is 42.7 Å². The van der Waals surface area contributed by atoms with Crippen LogP contribution < -0.4 is 10.1 Å². The molecule has 1 amide bonds. The molecule has 1 N–H and O–H groups in total. The van der Waals surface area contributed by atoms with Gasteiger partial charge in [0.1, 0.15) is 12.3 Å². The van der Waals surface area contributed by atoms with Crippen molar-refractivity contribution in [3.63, 3.8) is 0 Å². The number of amides is 1. The van der Waals surface area contributed by atoms with Crippen LogP contribution in [-0.2, 0) is 0 Å². The Balaban J connectivity index is 1.97. The number of nitrogens with one attached hydrogen (secondary N) is 1. The highest BCUT2D eigenvalue weighted by molar-refractivity contribution is 5.94. The average molecular weight is 297 g/mol. The first-order chi connectivity index (χ1) is 9.94. The smallest absolute Gasteiger partial charge is 0.405 e. The second-order valence-electron chi connectivity index (χ2n) is 3.96. The van der Waals surface area contributed by atoms with E-state index < -0.39 is 18.6 Å². The van der Waals surface area contributed by atoms with Crippen LogP contribution in [0.5, 0.6) is 11.8 Å². The van der Waals surface area contributed by atoms with Crippen molar-refractivity contribution >= 4 is 5.91 Å². The molecule has 0 fully saturated rings. The SMILES string of the molecule is O=C(NCC(F)(F)F)c1ccc(Oc2ncccn2)cc1. The second kappa shape index (κ2) is 6.21. The molecule has 0 atom stereocenters. The molecule has 0 saturated carbocycles. The van der Waals surface area contributed by atoms with Crippen LogP contribution in [-0.4, -0.2) is 28.6 Å². The molecule has 2 aromatic rings. The molecule has 0 radical (unpaired) electrons. The summed E-state index contributed by atoms with van der Waals surface area (Å²) < 4.78 is 41.3. The van der Waals surface area contributed by atoms with E-state index in [-0.39, 0.29) is 11.6 Å². The average Bonchev–Trinajstić information content (AvgIpc) is 2.46. The third-order valence-corrected chi connectivity index (χ3v) is 2.32. The lowest BCUT2D eigenvalue weighted by Crippen LogP contribution is -2.33. The number of ether oxygens (including phenoxy) is 1. The Hall–Kier alpha value is -2.64. The predicted octanol–water partition coefficient (Wildman–Crippen LogP) is 2.56. The van der Waals surface area contributed by atoms with Gasteiger partial charge in [-0.2, -0.15) is 13.2 Å². The van der Waals surface area contributed by atoms with Gasteiger partial charge in [-0.1, -0.05) is 0 Å². The fraction of sp³-hybridized carbons (Fsp3) is 0.154. The maximum atomic E-state index is 12.0. The zero-order valence-corrected chi connectivity index (χ0v) is 10.6. The van der Waals surface area contributed by atoms with Crippen molar-refractivity contribution in [3.05, 3.63) is 48.3 Å². The summed E-state index contributed by atoms with van der Waals surface area (Å²) in [6.07, 6.45) is -1.44. The van der Waals surface area contributed by atoms with Crippen molar-refractivity contribution in [1.29, 1.82) is 0 Å². The summed E-state index contributed by atoms with van der Waals surface area (Å²) in [6, 6.07) is 7.35. The third kappa shape index (κ3) is 4.75. The van der Waals surface area contributed by atoms with E-state index in [1.807, 2.05) is 0 Å². The number of nitrogens with zero attached hydrogens (tertiary/aromatic N) is 2. The molecule has 1 heterocycles. The van der Waals surface area contributed by atoms with Crippen molar-refractivity contribution in [2.75, 3.05) is 6.54 Å². The monoisotopic (exact) mass is 297 g/mol. The molecule has 110 valence electrons. The van der Waals surface area contributed by atoms with Crippen LogP contribution >= 0.6 is 0 Å². The fourth-order valence-corrected chi connectivity index (χ4v) is 1.40. The van der Waals surface area contributed by atoms with Gasteiger partial charge in [-0.15, -0.1) is 0 Å². The minimum atomic E-state index is -4.44. The molecule has 0 bridgehead atoms. The van der Waals surface area contributed by atoms with Gasteiger partial charge in [0.15, 0.2) is 0 Å². The highest BCUT2D eigenvalue weighted by Gasteiger charge is 2.27. The number of halogens is 3. The first-order valence-electron chi connectivity index (χ1n) is 5.84. The molecule has 21 heavy (non-hydrogen) atoms. The van der Waals surface area contributed by atoms with Gasteiger partial charge in [-0.3, -0.25) is 4.79 Å². The van der Waals surface area contributed by atoms with Gasteiger partial charge in [0.05, 0.1) is 0 Å². The van der Waals surface area contributed by atoms with Crippen LogP contribution in [0.1, 0.15) is 10.4 Å². The number of hydrogen-bond donors (Lipinski definition) is 1. The van der Waals surface area contributed by atoms with Crippen molar-refractivity contribution in [1.82, 2.24) is 15.3 Å². The Morgan fingerprint density at radius 1 is 1.14 bits per heavy atom. The van der Waals surface area contributed by atoms with Crippen LogP contribution in [0.3, 0.4) is 0 Å². The molecule has 0 aliphatic carbocycles. The number of hydrogen-bond acceptors (Lipinski definition) is 4. The Morgan fingerprint density at radius 3 is 2.33 bits per heavy atom. The number of rotatable bonds is 4. The largest absolute Gasteiger partial charge is 0.424 e. The van der Waals surface area contributed by atoms with Crippen LogP contribution in [0.4, 0.5) is 13.2 Å². The molecule has 1 aromatic carbocycles. The summed E-state index contributed by atoms with van der Waals surface area (Å²) in [5, 5.41) is 1.78. The molecule has 8 heteroatoms. The summed E-state index contributed by atoms with van der Waals surface area (Å²) in [4.78, 5) is 19.2. The number of carbonyl (C=O) groups excluding carboxylic acids is 1. The minimum Gasteiger partial charge on any atom is -0.424 e. The zero-order valence-electron chi connectivity index (χ0n) is 10.6. The topological polar surface area (TPSA) is 64.1 Å². The Kier molecular flexibility index (Phi) is 4.36. The number of aromatic nitrogens is 2. The zero-order chi connectivity index (χ0) is 15.3. The predicted molar refractivity (Wildman–Crippen MR) is 66.9 cm³/mol. The van der Waals surface area contributed by atoms with E-state index in [0.29, 0.717) is 5.75 Å². The molecular formula is C13H10F3N3O2. The number of benzene rings is 1. The normalized spacial score (nSPS) is 11.0. The number of alkyl halides is 3. The number of carbonyl (C=O) groups is 1. The van der Waals surface area contributed by atoms with Gasteiger partial charge >= 0.3 is 12.2 Å². The van der Waals surface area contributed by atoms with Crippen molar-refractivity contribution in [2.24, 2.45) is 0 Å². The lowest BCUT2D eigenvalue weighted by Gasteiger charge is -2.08. The minimum absolute atomic E-state index is 0.0978. The van der Waals surface area contributed by atoms with Gasteiger partial charge in [0, 0.05) is 18.0 Å². The molecule has 0 saturated heterocycles. The molecule has 0 unspecified atom stereocenters. The Labute approximate surface area is 117 Å². The van der Waals surface area contributed by atoms with Gasteiger partial charge in [0.2, 0.25) is 0 Å². The van der Waals surface area contributed by atoms with Gasteiger partial charge < -0.3 is 10.1 Å². The summed E-state index contributed by atoms with van der Waals surface area (Å²) in [5.41, 5.74) is 0.0978. The standard InChI is InChI=1S/C13H10F3N3O2/c14-13(15,16)8-19-11(20)9-2-4-10(5-3-9)21-12-17-6-1-7-18-12/h1-7H,8H2,(H,19,20). The maximum Gasteiger partial charge on any atom is 0.405 e. The van der Waals surface area contributed by atoms with E-state index in [9.17, 15) is 18.0 Å². The van der Waals surface area contributed by atoms with E-state index in [1.165, 1.54) is 36.7 Å². The van der Waals surface area contributed by atoms with E-state index in [0.717, 1.165) is 0 Å². The van der Waals surface area contributed by atoms with Crippen molar-refractivity contribution < 1.29 is 22.7 Å². The van der Waals surface area contributed by atoms with Crippen molar-refractivity contribution in [2.45, 2.75) is 6.18 Å². The van der Waals surface area contributed by atoms with E-state index in [2.05, 4.69) is 9.97 Å². The van der Waals surface area contributed by atoms with Gasteiger partial charge in [-0.05, 0) is 30.3 Å². The summed E-state index contributed by atoms with van der Waals surface area (Å²) in [6.45, 7) is -1.37. The fourth-order valence-electron chi connectivity index (χ4n) is 1.40. The summed E-state index contributed by atoms with van der Waals surface area (Å²) in [5.74, 6) is -0.441. The molecule has 2 rings (SSSR count). The molecule has 5 nitrogen and oxygen atoms in total. The highest BCUT2D eigenvalue weighted by atomic mass is 19.4. The Bertz CT molecular complexity index is 600. The van der Waals surface area contributed by atoms with E-state index >= 15 is 0 Å². The summed E-state index contributed by atoms with van der Waals surface area (Å²) in [7, 11) is 0. The van der Waals surface area contributed by atoms with Gasteiger partial charge in [-0.25, -0.2) is 9.97 Å². The van der Waals surface area contributed by atoms with Crippen LogP contribution in [0.2, 0.25) is 0 Å². The lowest BCUT2D eigenvalue weighted by molar-refractivity contribution is -0.123. The lowest BCUT2D eigenvalue weighted by atomic mass is 10.2. The van der Waals surface area contributed by atoms with E-state index in [1.54, 1.807) is 11.4 Å². The van der Waals surface area contributed by atoms with Crippen molar-refractivity contribution in [3.8, 4) is 11.8 Å². The molecule has 1 aromatic heterocycles. The molecule has 0 spiro atoms. The van der Waals surface area contributed by atoms with Gasteiger partial charge in [0.25, 0.3) is 5.91 Å². The maximum absolute atomic E-state index is 12.0. The van der Waals surface area contributed by atoms with Crippen LogP contribution in [0.25, 0.3) is 0 Å². The Morgan fingerprint density at radius 2 is 1.76 bits per heavy atom. The third-order valence-electron chi connectivity index (χ3n) is 2.32. The molecule has 0 aliphatic rings. The molecular weight excluding hydrogens is 287 g/mol. The first kappa shape index (κ1) is 14.8.